The molecular formula is C60H48O6P2. The Labute approximate surface area is 398 Å². The second kappa shape index (κ2) is 21.3. The van der Waals surface area contributed by atoms with Crippen LogP contribution < -0.4 is 52.6 Å². The van der Waals surface area contributed by atoms with Crippen LogP contribution in [-0.2, 0) is 9.59 Å². The Bertz CT molecular complexity index is 2580. The monoisotopic (exact) mass is 926 g/mol. The average molecular weight is 927 g/mol. The van der Waals surface area contributed by atoms with Crippen LogP contribution in [0, 0.1) is 0 Å². The van der Waals surface area contributed by atoms with E-state index < -0.39 is 43.7 Å². The van der Waals surface area contributed by atoms with Crippen LogP contribution in [0.4, 0.5) is 0 Å². The highest BCUT2D eigenvalue weighted by atomic mass is 31.2. The van der Waals surface area contributed by atoms with Gasteiger partial charge in [-0.15, -0.1) is 0 Å². The molecule has 2 atom stereocenters. The van der Waals surface area contributed by atoms with Crippen molar-refractivity contribution in [1.29, 1.82) is 0 Å². The summed E-state index contributed by atoms with van der Waals surface area (Å²) in [6.45, 7) is 0. The van der Waals surface area contributed by atoms with Gasteiger partial charge < -0.3 is 30.0 Å². The minimum absolute atomic E-state index is 0.0435. The van der Waals surface area contributed by atoms with Gasteiger partial charge in [-0.05, 0) is 114 Å². The van der Waals surface area contributed by atoms with Crippen LogP contribution in [0.3, 0.4) is 0 Å². The molecular weight excluding hydrogens is 879 g/mol. The second-order valence-electron chi connectivity index (χ2n) is 16.0. The van der Waals surface area contributed by atoms with Gasteiger partial charge in [-0.1, -0.05) is 170 Å². The number of benzene rings is 9. The fraction of sp³-hybridized carbons (Fsp3) is 0.0333. The van der Waals surface area contributed by atoms with Crippen LogP contribution in [0.2, 0.25) is 0 Å². The number of aliphatic carboxylic acids is 2. The first-order valence-corrected chi connectivity index (χ1v) is 25.7. The Hall–Kier alpha value is -7.72. The van der Waals surface area contributed by atoms with E-state index in [0.717, 1.165) is 6.08 Å². The molecule has 1 aliphatic carbocycles. The fourth-order valence-corrected chi connectivity index (χ4v) is 17.6. The molecule has 334 valence electrons. The molecule has 0 aliphatic heterocycles. The SMILES string of the molecule is O=C([O-])C1c2ccccc2C=C(O)C1(O)C(=O)[O-].c1ccc([P+](c2ccccc2)(c2ccccc2)c2ccccc2)cc1.c1ccc([P+](c2ccccc2)(c2ccccc2)c2ccccc2)cc1. The van der Waals surface area contributed by atoms with Crippen molar-refractivity contribution >= 4 is 75.0 Å². The van der Waals surface area contributed by atoms with Gasteiger partial charge in [-0.25, -0.2) is 0 Å². The zero-order valence-corrected chi connectivity index (χ0v) is 38.8. The third-order valence-corrected chi connectivity index (χ3v) is 20.7. The van der Waals surface area contributed by atoms with Crippen molar-refractivity contribution in [3.63, 3.8) is 0 Å². The highest BCUT2D eigenvalue weighted by Crippen LogP contribution is 2.55. The molecule has 0 amide bonds. The van der Waals surface area contributed by atoms with Crippen LogP contribution in [0.15, 0.2) is 273 Å². The third-order valence-electron chi connectivity index (χ3n) is 12.1. The smallest absolute Gasteiger partial charge is 0.172 e. The molecule has 9 aromatic carbocycles. The summed E-state index contributed by atoms with van der Waals surface area (Å²) in [4.78, 5) is 22.0. The number of aliphatic hydroxyl groups is 2. The number of carbonyl (C=O) groups excluding carboxylic acids is 2. The van der Waals surface area contributed by atoms with E-state index in [-0.39, 0.29) is 5.56 Å². The maximum Gasteiger partial charge on any atom is 0.172 e. The van der Waals surface area contributed by atoms with E-state index in [1.807, 2.05) is 0 Å². The quantitative estimate of drug-likeness (QED) is 0.151. The van der Waals surface area contributed by atoms with Gasteiger partial charge in [0, 0.05) is 0 Å². The van der Waals surface area contributed by atoms with Crippen molar-refractivity contribution in [1.82, 2.24) is 0 Å². The number of hydrogen-bond acceptors (Lipinski definition) is 6. The van der Waals surface area contributed by atoms with E-state index in [1.165, 1.54) is 60.6 Å². The molecule has 6 nitrogen and oxygen atoms in total. The molecule has 0 bridgehead atoms. The van der Waals surface area contributed by atoms with Crippen LogP contribution >= 0.6 is 14.5 Å². The molecule has 10 rings (SSSR count). The van der Waals surface area contributed by atoms with E-state index in [0.29, 0.717) is 5.56 Å². The molecule has 0 heterocycles. The van der Waals surface area contributed by atoms with Gasteiger partial charge in [0.05, 0.1) is 17.9 Å². The highest BCUT2D eigenvalue weighted by Gasteiger charge is 2.49. The topological polar surface area (TPSA) is 121 Å². The summed E-state index contributed by atoms with van der Waals surface area (Å²) < 4.78 is 0. The van der Waals surface area contributed by atoms with Crippen molar-refractivity contribution in [2.24, 2.45) is 0 Å². The number of rotatable bonds is 10. The fourth-order valence-electron chi connectivity index (χ4n) is 9.06. The van der Waals surface area contributed by atoms with E-state index in [2.05, 4.69) is 243 Å². The van der Waals surface area contributed by atoms with Gasteiger partial charge in [0.1, 0.15) is 62.7 Å². The molecule has 8 heteroatoms. The lowest BCUT2D eigenvalue weighted by Gasteiger charge is -2.40. The molecule has 0 aromatic heterocycles. The number of carboxylic acids is 2. The summed E-state index contributed by atoms with van der Waals surface area (Å²) >= 11 is 0. The highest BCUT2D eigenvalue weighted by molar-refractivity contribution is 8.02. The first-order valence-electron chi connectivity index (χ1n) is 22.1. The first kappa shape index (κ1) is 46.8. The first-order chi connectivity index (χ1) is 33.2. The van der Waals surface area contributed by atoms with E-state index in [1.54, 1.807) is 6.07 Å². The van der Waals surface area contributed by atoms with Crippen molar-refractivity contribution in [3.05, 3.63) is 284 Å². The van der Waals surface area contributed by atoms with Crippen molar-refractivity contribution in [2.75, 3.05) is 0 Å². The summed E-state index contributed by atoms with van der Waals surface area (Å²) in [5.74, 6) is -6.83. The molecule has 0 saturated heterocycles. The lowest BCUT2D eigenvalue weighted by molar-refractivity contribution is -0.335. The minimum Gasteiger partial charge on any atom is -0.549 e. The number of carbonyl (C=O) groups is 2. The Balaban J connectivity index is 0.000000140. The Kier molecular flexibility index (Phi) is 14.6. The zero-order chi connectivity index (χ0) is 47.4. The number of fused-ring (bicyclic) bond motifs is 1. The third kappa shape index (κ3) is 9.06. The molecule has 1 aliphatic rings. The van der Waals surface area contributed by atoms with Gasteiger partial charge in [0.25, 0.3) is 0 Å². The molecule has 0 saturated carbocycles. The molecule has 2 unspecified atom stereocenters. The number of aliphatic hydroxyl groups excluding tert-OH is 1. The maximum absolute atomic E-state index is 11.1. The molecule has 0 spiro atoms. The Morgan fingerprint density at radius 1 is 0.368 bits per heavy atom. The minimum atomic E-state index is -3.02. The van der Waals surface area contributed by atoms with Crippen molar-refractivity contribution in [3.8, 4) is 0 Å². The van der Waals surface area contributed by atoms with Crippen LogP contribution in [0.5, 0.6) is 0 Å². The normalized spacial score (nSPS) is 15.1. The second-order valence-corrected chi connectivity index (χ2v) is 22.8. The van der Waals surface area contributed by atoms with Crippen LogP contribution in [0.25, 0.3) is 6.08 Å². The number of hydrogen-bond donors (Lipinski definition) is 2. The Morgan fingerprint density at radius 2 is 0.588 bits per heavy atom. The molecule has 0 fully saturated rings. The van der Waals surface area contributed by atoms with Gasteiger partial charge in [0.2, 0.25) is 0 Å². The summed E-state index contributed by atoms with van der Waals surface area (Å²) in [6.07, 6.45) is 0.991. The number of carboxylic acid groups (broad SMARTS) is 2. The van der Waals surface area contributed by atoms with Crippen LogP contribution in [0.1, 0.15) is 17.0 Å². The summed E-state index contributed by atoms with van der Waals surface area (Å²) in [7, 11) is -3.81. The molecule has 9 aromatic rings. The largest absolute Gasteiger partial charge is 0.549 e. The predicted molar refractivity (Wildman–Crippen MR) is 277 cm³/mol. The molecule has 2 N–H and O–H groups in total. The predicted octanol–water partition coefficient (Wildman–Crippen LogP) is 6.53. The average Bonchev–Trinajstić information content (AvgIpc) is 3.40. The molecule has 0 radical (unpaired) electrons. The van der Waals surface area contributed by atoms with E-state index in [9.17, 15) is 30.0 Å². The zero-order valence-electron chi connectivity index (χ0n) is 37.0. The summed E-state index contributed by atoms with van der Waals surface area (Å²) in [5.41, 5.74) is -2.68. The van der Waals surface area contributed by atoms with Crippen LogP contribution in [-0.4, -0.2) is 27.8 Å². The summed E-state index contributed by atoms with van der Waals surface area (Å²) in [6, 6.07) is 93.5. The van der Waals surface area contributed by atoms with Crippen molar-refractivity contribution in [2.45, 2.75) is 11.5 Å². The van der Waals surface area contributed by atoms with Gasteiger partial charge in [-0.3, -0.25) is 0 Å². The van der Waals surface area contributed by atoms with E-state index >= 15 is 0 Å². The van der Waals surface area contributed by atoms with Gasteiger partial charge in [0.15, 0.2) is 5.60 Å². The van der Waals surface area contributed by atoms with Gasteiger partial charge in [-0.2, -0.15) is 0 Å². The maximum atomic E-state index is 11.1. The summed E-state index contributed by atoms with van der Waals surface area (Å²) in [5, 5.41) is 52.6. The standard InChI is InChI=1S/2C24H20P.C12H10O6/c2*1-5-13-21(14-6-1)25(22-15-7-2-8-16-22,23-17-9-3-10-18-23)24-19-11-4-12-20-24;13-8-5-6-3-1-2-4-7(6)9(10(14)15)12(8,18)11(16)17/h2*1-20H;1-5,9,13,18H,(H,14,15)(H,16,17)/q2*+1;/p-2. The molecule has 68 heavy (non-hydrogen) atoms. The van der Waals surface area contributed by atoms with Crippen molar-refractivity contribution < 1.29 is 30.0 Å². The van der Waals surface area contributed by atoms with E-state index in [4.69, 9.17) is 0 Å². The lowest BCUT2D eigenvalue weighted by atomic mass is 9.74. The Morgan fingerprint density at radius 3 is 0.809 bits per heavy atom. The van der Waals surface area contributed by atoms with Gasteiger partial charge >= 0.3 is 0 Å². The lowest BCUT2D eigenvalue weighted by Crippen LogP contribution is -2.59.